The van der Waals surface area contributed by atoms with Gasteiger partial charge in [0.2, 0.25) is 0 Å². The van der Waals surface area contributed by atoms with Crippen molar-refractivity contribution in [3.63, 3.8) is 0 Å². The molecular weight excluding hydrogens is 86.1 g/mol. The molecule has 0 aromatic rings. The molecule has 0 aromatic heterocycles. The van der Waals surface area contributed by atoms with E-state index in [1.807, 2.05) is 13.0 Å². The van der Waals surface area contributed by atoms with Crippen LogP contribution in [0.15, 0.2) is 11.8 Å². The molecule has 0 heterocycles. The topological polar surface area (TPSA) is 26.0 Å². The van der Waals surface area contributed by atoms with E-state index in [1.165, 1.54) is 0 Å². The van der Waals surface area contributed by atoms with Crippen LogP contribution in [0.25, 0.3) is 0 Å². The van der Waals surface area contributed by atoms with Gasteiger partial charge in [-0.05, 0) is 12.8 Å². The molecule has 2 N–H and O–H groups in total. The van der Waals surface area contributed by atoms with Crippen LogP contribution in [0.2, 0.25) is 0 Å². The smallest absolute Gasteiger partial charge is 0.00109 e. The second-order valence-electron chi connectivity index (χ2n) is 2.15. The SMILES string of the molecule is C/C(N)=C\C(C)C. The molecule has 0 unspecified atom stereocenters. The van der Waals surface area contributed by atoms with Crippen molar-refractivity contribution in [1.29, 1.82) is 0 Å². The summed E-state index contributed by atoms with van der Waals surface area (Å²) in [5, 5.41) is 0. The summed E-state index contributed by atoms with van der Waals surface area (Å²) in [4.78, 5) is 0. The fourth-order valence-corrected chi connectivity index (χ4v) is 0.526. The summed E-state index contributed by atoms with van der Waals surface area (Å²) < 4.78 is 0. The van der Waals surface area contributed by atoms with E-state index in [2.05, 4.69) is 13.8 Å². The Morgan fingerprint density at radius 1 is 1.57 bits per heavy atom. The van der Waals surface area contributed by atoms with Gasteiger partial charge in [-0.25, -0.2) is 0 Å². The number of hydrogen-bond donors (Lipinski definition) is 1. The van der Waals surface area contributed by atoms with Crippen molar-refractivity contribution in [2.75, 3.05) is 0 Å². The minimum Gasteiger partial charge on any atom is -0.403 e. The highest BCUT2D eigenvalue weighted by atomic mass is 14.5. The third kappa shape index (κ3) is 5.54. The van der Waals surface area contributed by atoms with Gasteiger partial charge in [-0.2, -0.15) is 0 Å². The molecule has 0 spiro atoms. The normalized spacial score (nSPS) is 12.9. The van der Waals surface area contributed by atoms with Crippen molar-refractivity contribution in [1.82, 2.24) is 0 Å². The van der Waals surface area contributed by atoms with Gasteiger partial charge in [0.25, 0.3) is 0 Å². The van der Waals surface area contributed by atoms with Gasteiger partial charge in [0.15, 0.2) is 0 Å². The second kappa shape index (κ2) is 2.67. The maximum absolute atomic E-state index is 5.35. The standard InChI is InChI=1S/C6H13N/c1-5(2)4-6(3)7/h4-5H,7H2,1-3H3/b6-4+. The highest BCUT2D eigenvalue weighted by molar-refractivity contribution is 4.92. The molecule has 0 amide bonds. The molecule has 0 fully saturated rings. The molecule has 7 heavy (non-hydrogen) atoms. The molecule has 0 atom stereocenters. The van der Waals surface area contributed by atoms with Crippen molar-refractivity contribution < 1.29 is 0 Å². The quantitative estimate of drug-likeness (QED) is 0.529. The molecule has 0 aliphatic heterocycles. The Morgan fingerprint density at radius 2 is 2.00 bits per heavy atom. The first-order valence-electron chi connectivity index (χ1n) is 2.57. The summed E-state index contributed by atoms with van der Waals surface area (Å²) in [5.41, 5.74) is 6.27. The van der Waals surface area contributed by atoms with Gasteiger partial charge in [0, 0.05) is 5.70 Å². The van der Waals surface area contributed by atoms with Gasteiger partial charge < -0.3 is 5.73 Å². The van der Waals surface area contributed by atoms with E-state index in [0.29, 0.717) is 5.92 Å². The van der Waals surface area contributed by atoms with E-state index in [0.717, 1.165) is 5.70 Å². The van der Waals surface area contributed by atoms with E-state index in [1.54, 1.807) is 0 Å². The Bertz CT molecular complexity index is 68.2. The molecule has 0 rings (SSSR count). The zero-order valence-corrected chi connectivity index (χ0v) is 5.23. The summed E-state index contributed by atoms with van der Waals surface area (Å²) in [6, 6.07) is 0. The Hall–Kier alpha value is -0.460. The molecule has 0 saturated heterocycles. The monoisotopic (exact) mass is 99.1 g/mol. The molecule has 0 radical (unpaired) electrons. The number of hydrogen-bond acceptors (Lipinski definition) is 1. The molecule has 1 nitrogen and oxygen atoms in total. The van der Waals surface area contributed by atoms with Crippen LogP contribution >= 0.6 is 0 Å². The van der Waals surface area contributed by atoms with E-state index < -0.39 is 0 Å². The summed E-state index contributed by atoms with van der Waals surface area (Å²) in [5.74, 6) is 0.588. The molecule has 1 heteroatoms. The van der Waals surface area contributed by atoms with Gasteiger partial charge >= 0.3 is 0 Å². The Balaban J connectivity index is 3.45. The van der Waals surface area contributed by atoms with Crippen molar-refractivity contribution in [2.24, 2.45) is 11.7 Å². The Kier molecular flexibility index (Phi) is 2.49. The third-order valence-electron chi connectivity index (χ3n) is 0.596. The van der Waals surface area contributed by atoms with Crippen LogP contribution in [0.4, 0.5) is 0 Å². The van der Waals surface area contributed by atoms with Gasteiger partial charge in [0.05, 0.1) is 0 Å². The predicted octanol–water partition coefficient (Wildman–Crippen LogP) is 1.50. The van der Waals surface area contributed by atoms with Gasteiger partial charge in [-0.15, -0.1) is 0 Å². The molecule has 0 aromatic carbocycles. The summed E-state index contributed by atoms with van der Waals surface area (Å²) in [7, 11) is 0. The van der Waals surface area contributed by atoms with Crippen molar-refractivity contribution in [3.8, 4) is 0 Å². The minimum atomic E-state index is 0.588. The van der Waals surface area contributed by atoms with E-state index in [-0.39, 0.29) is 0 Å². The summed E-state index contributed by atoms with van der Waals surface area (Å²) >= 11 is 0. The van der Waals surface area contributed by atoms with Gasteiger partial charge in [-0.1, -0.05) is 19.9 Å². The molecule has 0 aliphatic rings. The number of nitrogens with two attached hydrogens (primary N) is 1. The van der Waals surface area contributed by atoms with Crippen LogP contribution in [0.5, 0.6) is 0 Å². The predicted molar refractivity (Wildman–Crippen MR) is 32.8 cm³/mol. The second-order valence-corrected chi connectivity index (χ2v) is 2.15. The van der Waals surface area contributed by atoms with Crippen LogP contribution in [0.1, 0.15) is 20.8 Å². The third-order valence-corrected chi connectivity index (χ3v) is 0.596. The van der Waals surface area contributed by atoms with E-state index >= 15 is 0 Å². The average Bonchev–Trinajstić information content (AvgIpc) is 1.27. The lowest BCUT2D eigenvalue weighted by Gasteiger charge is -1.93. The van der Waals surface area contributed by atoms with Crippen LogP contribution in [-0.4, -0.2) is 0 Å². The zero-order valence-electron chi connectivity index (χ0n) is 5.23. The lowest BCUT2D eigenvalue weighted by molar-refractivity contribution is 0.819. The Labute approximate surface area is 45.2 Å². The average molecular weight is 99.2 g/mol. The van der Waals surface area contributed by atoms with Crippen LogP contribution in [0.3, 0.4) is 0 Å². The minimum absolute atomic E-state index is 0.588. The fourth-order valence-electron chi connectivity index (χ4n) is 0.526. The van der Waals surface area contributed by atoms with Crippen LogP contribution in [0, 0.1) is 5.92 Å². The number of allylic oxidation sites excluding steroid dienone is 2. The van der Waals surface area contributed by atoms with Crippen LogP contribution < -0.4 is 5.73 Å². The van der Waals surface area contributed by atoms with Crippen molar-refractivity contribution in [2.45, 2.75) is 20.8 Å². The maximum Gasteiger partial charge on any atom is 0.00109 e. The Morgan fingerprint density at radius 3 is 2.00 bits per heavy atom. The largest absolute Gasteiger partial charge is 0.403 e. The fraction of sp³-hybridized carbons (Fsp3) is 0.667. The van der Waals surface area contributed by atoms with Crippen LogP contribution in [-0.2, 0) is 0 Å². The zero-order chi connectivity index (χ0) is 5.86. The first kappa shape index (κ1) is 6.54. The molecule has 0 bridgehead atoms. The van der Waals surface area contributed by atoms with E-state index in [9.17, 15) is 0 Å². The highest BCUT2D eigenvalue weighted by Crippen LogP contribution is 1.94. The summed E-state index contributed by atoms with van der Waals surface area (Å²) in [6.07, 6.45) is 2.03. The lowest BCUT2D eigenvalue weighted by Crippen LogP contribution is -1.92. The molecular formula is C6H13N. The number of rotatable bonds is 1. The van der Waals surface area contributed by atoms with Crippen molar-refractivity contribution in [3.05, 3.63) is 11.8 Å². The first-order chi connectivity index (χ1) is 3.13. The summed E-state index contributed by atoms with van der Waals surface area (Å²) in [6.45, 7) is 6.12. The molecule has 42 valence electrons. The van der Waals surface area contributed by atoms with Gasteiger partial charge in [0.1, 0.15) is 0 Å². The van der Waals surface area contributed by atoms with Crippen molar-refractivity contribution >= 4 is 0 Å². The first-order valence-corrected chi connectivity index (χ1v) is 2.57. The van der Waals surface area contributed by atoms with Gasteiger partial charge in [-0.3, -0.25) is 0 Å². The maximum atomic E-state index is 5.35. The highest BCUT2D eigenvalue weighted by Gasteiger charge is 1.82. The molecule has 0 saturated carbocycles. The molecule has 0 aliphatic carbocycles. The lowest BCUT2D eigenvalue weighted by atomic mass is 10.2. The van der Waals surface area contributed by atoms with E-state index in [4.69, 9.17) is 5.73 Å².